The van der Waals surface area contributed by atoms with E-state index in [2.05, 4.69) is 29.9 Å². The summed E-state index contributed by atoms with van der Waals surface area (Å²) < 4.78 is 5.64. The van der Waals surface area contributed by atoms with Gasteiger partial charge in [0.1, 0.15) is 16.8 Å². The van der Waals surface area contributed by atoms with Crippen molar-refractivity contribution in [2.75, 3.05) is 12.3 Å². The van der Waals surface area contributed by atoms with E-state index in [1.165, 1.54) is 4.88 Å². The summed E-state index contributed by atoms with van der Waals surface area (Å²) >= 11 is 1.68. The third-order valence-corrected chi connectivity index (χ3v) is 4.04. The van der Waals surface area contributed by atoms with Crippen LogP contribution in [0.5, 0.6) is 0 Å². The molecule has 0 bridgehead atoms. The molecule has 18 heavy (non-hydrogen) atoms. The van der Waals surface area contributed by atoms with Gasteiger partial charge in [-0.15, -0.1) is 11.3 Å². The van der Waals surface area contributed by atoms with Gasteiger partial charge >= 0.3 is 0 Å². The van der Waals surface area contributed by atoms with Crippen molar-refractivity contribution in [3.8, 4) is 0 Å². The largest absolute Gasteiger partial charge is 0.383 e. The monoisotopic (exact) mass is 265 g/mol. The SMILES string of the molecule is CCOC(CC)c1nc(N)c2cc(CC)sc2n1. The van der Waals surface area contributed by atoms with Gasteiger partial charge in [0, 0.05) is 11.5 Å². The van der Waals surface area contributed by atoms with Crippen LogP contribution in [0.2, 0.25) is 0 Å². The van der Waals surface area contributed by atoms with Gasteiger partial charge in [0.05, 0.1) is 5.39 Å². The Hall–Kier alpha value is -1.20. The molecule has 5 heteroatoms. The van der Waals surface area contributed by atoms with Crippen LogP contribution in [-0.4, -0.2) is 16.6 Å². The molecule has 0 aromatic carbocycles. The van der Waals surface area contributed by atoms with Gasteiger partial charge in [0.2, 0.25) is 0 Å². The Bertz CT molecular complexity index is 538. The van der Waals surface area contributed by atoms with Crippen LogP contribution in [0.4, 0.5) is 5.82 Å². The van der Waals surface area contributed by atoms with Gasteiger partial charge in [-0.25, -0.2) is 9.97 Å². The van der Waals surface area contributed by atoms with Gasteiger partial charge < -0.3 is 10.5 Å². The number of aryl methyl sites for hydroxylation is 1. The smallest absolute Gasteiger partial charge is 0.161 e. The zero-order chi connectivity index (χ0) is 13.1. The molecule has 0 saturated carbocycles. The molecule has 98 valence electrons. The van der Waals surface area contributed by atoms with E-state index >= 15 is 0 Å². The minimum Gasteiger partial charge on any atom is -0.383 e. The van der Waals surface area contributed by atoms with Crippen LogP contribution in [0.3, 0.4) is 0 Å². The standard InChI is InChI=1S/C13H19N3OS/c1-4-8-7-9-11(14)15-12(16-13(9)18-8)10(5-2)17-6-3/h7,10H,4-6H2,1-3H3,(H2,14,15,16). The Morgan fingerprint density at radius 1 is 1.33 bits per heavy atom. The summed E-state index contributed by atoms with van der Waals surface area (Å²) in [4.78, 5) is 11.2. The molecule has 2 aromatic rings. The predicted molar refractivity (Wildman–Crippen MR) is 75.9 cm³/mol. The lowest BCUT2D eigenvalue weighted by molar-refractivity contribution is 0.0539. The van der Waals surface area contributed by atoms with E-state index in [0.29, 0.717) is 18.2 Å². The van der Waals surface area contributed by atoms with E-state index in [9.17, 15) is 0 Å². The Morgan fingerprint density at radius 2 is 2.11 bits per heavy atom. The van der Waals surface area contributed by atoms with Gasteiger partial charge in [-0.2, -0.15) is 0 Å². The third kappa shape index (κ3) is 2.47. The first-order valence-corrected chi connectivity index (χ1v) is 7.18. The molecular weight excluding hydrogens is 246 g/mol. The molecule has 1 unspecified atom stereocenters. The molecular formula is C13H19N3OS. The minimum atomic E-state index is -0.0612. The Labute approximate surface area is 111 Å². The maximum atomic E-state index is 6.01. The number of rotatable bonds is 5. The first-order chi connectivity index (χ1) is 8.69. The summed E-state index contributed by atoms with van der Waals surface area (Å²) in [5, 5.41) is 0.965. The topological polar surface area (TPSA) is 61.0 Å². The van der Waals surface area contributed by atoms with Crippen molar-refractivity contribution in [1.29, 1.82) is 0 Å². The van der Waals surface area contributed by atoms with E-state index in [1.54, 1.807) is 11.3 Å². The number of anilines is 1. The molecule has 0 fully saturated rings. The fourth-order valence-corrected chi connectivity index (χ4v) is 2.89. The lowest BCUT2D eigenvalue weighted by atomic mass is 10.2. The molecule has 1 atom stereocenters. The summed E-state index contributed by atoms with van der Waals surface area (Å²) in [6.45, 7) is 6.83. The van der Waals surface area contributed by atoms with E-state index in [1.807, 2.05) is 6.92 Å². The molecule has 0 aliphatic rings. The molecule has 2 heterocycles. The number of thiophene rings is 1. The molecule has 0 aliphatic heterocycles. The Kier molecular flexibility index (Phi) is 4.14. The van der Waals surface area contributed by atoms with E-state index in [-0.39, 0.29) is 6.10 Å². The van der Waals surface area contributed by atoms with Crippen LogP contribution in [0, 0.1) is 0 Å². The van der Waals surface area contributed by atoms with E-state index in [0.717, 1.165) is 23.1 Å². The zero-order valence-electron chi connectivity index (χ0n) is 11.1. The highest BCUT2D eigenvalue weighted by atomic mass is 32.1. The van der Waals surface area contributed by atoms with Crippen molar-refractivity contribution in [3.63, 3.8) is 0 Å². The molecule has 0 aliphatic carbocycles. The van der Waals surface area contributed by atoms with Gasteiger partial charge in [0.25, 0.3) is 0 Å². The number of fused-ring (bicyclic) bond motifs is 1. The quantitative estimate of drug-likeness (QED) is 0.900. The highest BCUT2D eigenvalue weighted by Crippen LogP contribution is 2.30. The van der Waals surface area contributed by atoms with Crippen LogP contribution in [0.1, 0.15) is 44.0 Å². The average molecular weight is 265 g/mol. The minimum absolute atomic E-state index is 0.0612. The van der Waals surface area contributed by atoms with Crippen molar-refractivity contribution < 1.29 is 4.74 Å². The van der Waals surface area contributed by atoms with E-state index in [4.69, 9.17) is 10.5 Å². The van der Waals surface area contributed by atoms with Gasteiger partial charge in [-0.1, -0.05) is 13.8 Å². The maximum Gasteiger partial charge on any atom is 0.161 e. The second-order valence-corrected chi connectivity index (χ2v) is 5.22. The summed E-state index contributed by atoms with van der Waals surface area (Å²) in [5.74, 6) is 1.26. The maximum absolute atomic E-state index is 6.01. The van der Waals surface area contributed by atoms with E-state index < -0.39 is 0 Å². The summed E-state index contributed by atoms with van der Waals surface area (Å²) in [6.07, 6.45) is 1.79. The van der Waals surface area contributed by atoms with Gasteiger partial charge in [0.15, 0.2) is 5.82 Å². The molecule has 0 saturated heterocycles. The lowest BCUT2D eigenvalue weighted by Crippen LogP contribution is -2.09. The molecule has 2 aromatic heterocycles. The number of hydrogen-bond acceptors (Lipinski definition) is 5. The van der Waals surface area contributed by atoms with Crippen LogP contribution in [0.25, 0.3) is 10.2 Å². The number of aromatic nitrogens is 2. The summed E-state index contributed by atoms with van der Waals surface area (Å²) in [5.41, 5.74) is 6.01. The fourth-order valence-electron chi connectivity index (χ4n) is 1.90. The van der Waals surface area contributed by atoms with Crippen molar-refractivity contribution >= 4 is 27.4 Å². The normalized spacial score (nSPS) is 13.1. The number of nitrogens with two attached hydrogens (primary N) is 1. The van der Waals surface area contributed by atoms with Crippen LogP contribution < -0.4 is 5.73 Å². The van der Waals surface area contributed by atoms with Crippen LogP contribution in [0.15, 0.2) is 6.07 Å². The zero-order valence-corrected chi connectivity index (χ0v) is 11.9. The molecule has 2 rings (SSSR count). The first-order valence-electron chi connectivity index (χ1n) is 6.36. The highest BCUT2D eigenvalue weighted by molar-refractivity contribution is 7.18. The Morgan fingerprint density at radius 3 is 2.72 bits per heavy atom. The van der Waals surface area contributed by atoms with Crippen molar-refractivity contribution in [3.05, 3.63) is 16.8 Å². The number of nitrogen functional groups attached to an aromatic ring is 1. The second kappa shape index (κ2) is 5.63. The Balaban J connectivity index is 2.46. The first kappa shape index (κ1) is 13.2. The lowest BCUT2D eigenvalue weighted by Gasteiger charge is -2.13. The van der Waals surface area contributed by atoms with Crippen LogP contribution >= 0.6 is 11.3 Å². The van der Waals surface area contributed by atoms with Crippen molar-refractivity contribution in [1.82, 2.24) is 9.97 Å². The molecule has 0 amide bonds. The molecule has 0 radical (unpaired) electrons. The van der Waals surface area contributed by atoms with Crippen molar-refractivity contribution in [2.45, 2.75) is 39.7 Å². The van der Waals surface area contributed by atoms with Gasteiger partial charge in [-0.05, 0) is 25.8 Å². The summed E-state index contributed by atoms with van der Waals surface area (Å²) in [6, 6.07) is 2.08. The van der Waals surface area contributed by atoms with Gasteiger partial charge in [-0.3, -0.25) is 0 Å². The highest BCUT2D eigenvalue weighted by Gasteiger charge is 2.16. The second-order valence-electron chi connectivity index (χ2n) is 4.10. The molecule has 4 nitrogen and oxygen atoms in total. The van der Waals surface area contributed by atoms with Crippen molar-refractivity contribution in [2.24, 2.45) is 0 Å². The van der Waals surface area contributed by atoms with Crippen LogP contribution in [-0.2, 0) is 11.2 Å². The number of nitrogens with zero attached hydrogens (tertiary/aromatic N) is 2. The molecule has 0 spiro atoms. The third-order valence-electron chi connectivity index (χ3n) is 2.87. The summed E-state index contributed by atoms with van der Waals surface area (Å²) in [7, 11) is 0. The fraction of sp³-hybridized carbons (Fsp3) is 0.538. The number of hydrogen-bond donors (Lipinski definition) is 1. The predicted octanol–water partition coefficient (Wildman–Crippen LogP) is 3.32. The average Bonchev–Trinajstić information content (AvgIpc) is 2.79. The molecule has 2 N–H and O–H groups in total. The number of ether oxygens (including phenoxy) is 1.